The molecular formula is C11H23N3O. The minimum atomic E-state index is 0.130. The van der Waals surface area contributed by atoms with Crippen LogP contribution in [-0.4, -0.2) is 51.1 Å². The van der Waals surface area contributed by atoms with Gasteiger partial charge in [-0.05, 0) is 45.4 Å². The summed E-state index contributed by atoms with van der Waals surface area (Å²) in [5.41, 5.74) is 0. The van der Waals surface area contributed by atoms with Crippen LogP contribution in [0.15, 0.2) is 0 Å². The van der Waals surface area contributed by atoms with Gasteiger partial charge in [0.05, 0.1) is 6.54 Å². The van der Waals surface area contributed by atoms with E-state index in [9.17, 15) is 4.79 Å². The minimum Gasteiger partial charge on any atom is -0.355 e. The molecule has 0 aromatic rings. The molecule has 4 nitrogen and oxygen atoms in total. The highest BCUT2D eigenvalue weighted by Crippen LogP contribution is 2.17. The second-order valence-electron chi connectivity index (χ2n) is 4.77. The summed E-state index contributed by atoms with van der Waals surface area (Å²) >= 11 is 0. The molecule has 1 saturated heterocycles. The fourth-order valence-electron chi connectivity index (χ4n) is 1.96. The fraction of sp³-hybridized carbons (Fsp3) is 0.909. The van der Waals surface area contributed by atoms with E-state index in [1.807, 2.05) is 19.0 Å². The molecule has 0 bridgehead atoms. The molecule has 1 fully saturated rings. The van der Waals surface area contributed by atoms with Gasteiger partial charge in [0.2, 0.25) is 5.91 Å². The van der Waals surface area contributed by atoms with E-state index in [4.69, 9.17) is 0 Å². The second kappa shape index (κ2) is 6.08. The van der Waals surface area contributed by atoms with Gasteiger partial charge in [0, 0.05) is 6.54 Å². The largest absolute Gasteiger partial charge is 0.355 e. The van der Waals surface area contributed by atoms with Crippen LogP contribution in [0.2, 0.25) is 0 Å². The molecule has 0 aromatic heterocycles. The number of hydrogen-bond acceptors (Lipinski definition) is 3. The molecule has 0 aliphatic carbocycles. The monoisotopic (exact) mass is 213 g/mol. The van der Waals surface area contributed by atoms with Crippen LogP contribution in [0.3, 0.4) is 0 Å². The number of nitrogens with zero attached hydrogens (tertiary/aromatic N) is 1. The van der Waals surface area contributed by atoms with Gasteiger partial charge in [0.25, 0.3) is 0 Å². The summed E-state index contributed by atoms with van der Waals surface area (Å²) < 4.78 is 0. The molecule has 1 rings (SSSR count). The van der Waals surface area contributed by atoms with E-state index in [0.29, 0.717) is 18.4 Å². The Balaban J connectivity index is 2.20. The molecule has 1 aliphatic heterocycles. The molecule has 15 heavy (non-hydrogen) atoms. The van der Waals surface area contributed by atoms with Crippen LogP contribution in [0.1, 0.15) is 13.3 Å². The molecule has 2 N–H and O–H groups in total. The molecule has 0 radical (unpaired) electrons. The number of carbonyl (C=O) groups is 1. The van der Waals surface area contributed by atoms with Crippen LogP contribution in [0.4, 0.5) is 0 Å². The Morgan fingerprint density at radius 2 is 2.27 bits per heavy atom. The van der Waals surface area contributed by atoms with Crippen molar-refractivity contribution in [2.45, 2.75) is 13.3 Å². The maximum Gasteiger partial charge on any atom is 0.234 e. The van der Waals surface area contributed by atoms with Crippen LogP contribution in [0.5, 0.6) is 0 Å². The normalized spacial score (nSPS) is 26.7. The maximum absolute atomic E-state index is 11.4. The van der Waals surface area contributed by atoms with Gasteiger partial charge in [-0.25, -0.2) is 0 Å². The van der Waals surface area contributed by atoms with E-state index in [0.717, 1.165) is 19.6 Å². The van der Waals surface area contributed by atoms with Gasteiger partial charge in [0.1, 0.15) is 0 Å². The maximum atomic E-state index is 11.4. The molecule has 1 aliphatic rings. The highest BCUT2D eigenvalue weighted by atomic mass is 16.1. The first kappa shape index (κ1) is 12.5. The molecule has 88 valence electrons. The first-order valence-electron chi connectivity index (χ1n) is 5.71. The number of piperidine rings is 1. The average molecular weight is 213 g/mol. The average Bonchev–Trinajstić information content (AvgIpc) is 2.15. The Labute approximate surface area is 92.4 Å². The third kappa shape index (κ3) is 4.62. The van der Waals surface area contributed by atoms with E-state index in [1.165, 1.54) is 6.42 Å². The zero-order valence-electron chi connectivity index (χ0n) is 10.0. The van der Waals surface area contributed by atoms with Crippen molar-refractivity contribution in [3.05, 3.63) is 0 Å². The standard InChI is InChI=1S/C11H23N3O/c1-9-6-12-5-4-10(9)7-13-11(15)8-14(2)3/h9-10,12H,4-8H2,1-3H3,(H,13,15). The molecule has 1 amide bonds. The number of carbonyl (C=O) groups excluding carboxylic acids is 1. The first-order valence-corrected chi connectivity index (χ1v) is 5.71. The van der Waals surface area contributed by atoms with Crippen molar-refractivity contribution in [3.63, 3.8) is 0 Å². The molecule has 2 atom stereocenters. The number of likely N-dealkylation sites (N-methyl/N-ethyl adjacent to an activating group) is 1. The van der Waals surface area contributed by atoms with E-state index in [1.54, 1.807) is 0 Å². The highest BCUT2D eigenvalue weighted by Gasteiger charge is 2.21. The zero-order chi connectivity index (χ0) is 11.3. The van der Waals surface area contributed by atoms with Crippen LogP contribution in [-0.2, 0) is 4.79 Å². The molecule has 0 saturated carbocycles. The lowest BCUT2D eigenvalue weighted by molar-refractivity contribution is -0.122. The lowest BCUT2D eigenvalue weighted by Gasteiger charge is -2.29. The van der Waals surface area contributed by atoms with Crippen molar-refractivity contribution in [1.82, 2.24) is 15.5 Å². The number of hydrogen-bond donors (Lipinski definition) is 2. The Hall–Kier alpha value is -0.610. The van der Waals surface area contributed by atoms with Crippen molar-refractivity contribution < 1.29 is 4.79 Å². The molecule has 1 heterocycles. The smallest absolute Gasteiger partial charge is 0.234 e. The van der Waals surface area contributed by atoms with Crippen LogP contribution < -0.4 is 10.6 Å². The quantitative estimate of drug-likeness (QED) is 0.686. The minimum absolute atomic E-state index is 0.130. The van der Waals surface area contributed by atoms with Crippen LogP contribution in [0.25, 0.3) is 0 Å². The second-order valence-corrected chi connectivity index (χ2v) is 4.77. The molecule has 4 heteroatoms. The summed E-state index contributed by atoms with van der Waals surface area (Å²) in [4.78, 5) is 13.3. The lowest BCUT2D eigenvalue weighted by atomic mass is 9.88. The zero-order valence-corrected chi connectivity index (χ0v) is 10.0. The summed E-state index contributed by atoms with van der Waals surface area (Å²) in [6, 6.07) is 0. The van der Waals surface area contributed by atoms with Gasteiger partial charge in [-0.2, -0.15) is 0 Å². The topological polar surface area (TPSA) is 44.4 Å². The first-order chi connectivity index (χ1) is 7.09. The number of nitrogens with one attached hydrogen (secondary N) is 2. The Morgan fingerprint density at radius 1 is 1.53 bits per heavy atom. The van der Waals surface area contributed by atoms with E-state index in [-0.39, 0.29) is 5.91 Å². The summed E-state index contributed by atoms with van der Waals surface area (Å²) in [5.74, 6) is 1.43. The summed E-state index contributed by atoms with van der Waals surface area (Å²) in [7, 11) is 3.82. The van der Waals surface area contributed by atoms with E-state index < -0.39 is 0 Å². The van der Waals surface area contributed by atoms with Gasteiger partial charge in [0.15, 0.2) is 0 Å². The predicted molar refractivity (Wildman–Crippen MR) is 61.7 cm³/mol. The van der Waals surface area contributed by atoms with Crippen LogP contribution in [0, 0.1) is 11.8 Å². The number of rotatable bonds is 4. The molecule has 0 spiro atoms. The van der Waals surface area contributed by atoms with Crippen molar-refractivity contribution in [2.24, 2.45) is 11.8 Å². The van der Waals surface area contributed by atoms with Crippen molar-refractivity contribution in [2.75, 3.05) is 40.3 Å². The predicted octanol–water partition coefficient (Wildman–Crippen LogP) is -0.0902. The van der Waals surface area contributed by atoms with Gasteiger partial charge >= 0.3 is 0 Å². The molecule has 0 aromatic carbocycles. The summed E-state index contributed by atoms with van der Waals surface area (Å²) in [6.07, 6.45) is 1.17. The van der Waals surface area contributed by atoms with Crippen molar-refractivity contribution in [1.29, 1.82) is 0 Å². The summed E-state index contributed by atoms with van der Waals surface area (Å²) in [5, 5.41) is 6.37. The van der Waals surface area contributed by atoms with Crippen molar-refractivity contribution >= 4 is 5.91 Å². The van der Waals surface area contributed by atoms with Gasteiger partial charge in [-0.3, -0.25) is 4.79 Å². The SMILES string of the molecule is CC1CNCCC1CNC(=O)CN(C)C. The van der Waals surface area contributed by atoms with Crippen molar-refractivity contribution in [3.8, 4) is 0 Å². The highest BCUT2D eigenvalue weighted by molar-refractivity contribution is 5.77. The Bertz CT molecular complexity index is 206. The summed E-state index contributed by atoms with van der Waals surface area (Å²) in [6.45, 7) is 5.72. The third-order valence-corrected chi connectivity index (χ3v) is 2.98. The number of amides is 1. The van der Waals surface area contributed by atoms with E-state index >= 15 is 0 Å². The Morgan fingerprint density at radius 3 is 2.87 bits per heavy atom. The fourth-order valence-corrected chi connectivity index (χ4v) is 1.96. The van der Waals surface area contributed by atoms with E-state index in [2.05, 4.69) is 17.6 Å². The molecular weight excluding hydrogens is 190 g/mol. The Kier molecular flexibility index (Phi) is 5.05. The van der Waals surface area contributed by atoms with Gasteiger partial charge in [-0.1, -0.05) is 6.92 Å². The molecule has 2 unspecified atom stereocenters. The van der Waals surface area contributed by atoms with Crippen LogP contribution >= 0.6 is 0 Å². The van der Waals surface area contributed by atoms with Gasteiger partial charge in [-0.15, -0.1) is 0 Å². The van der Waals surface area contributed by atoms with Gasteiger partial charge < -0.3 is 15.5 Å². The third-order valence-electron chi connectivity index (χ3n) is 2.98. The lowest BCUT2D eigenvalue weighted by Crippen LogP contribution is -2.42.